The van der Waals surface area contributed by atoms with Crippen LogP contribution in [-0.4, -0.2) is 46.1 Å². The lowest BCUT2D eigenvalue weighted by atomic mass is 10.1. The standard InChI is InChI=1S/C8H12N4OS/c1-2-12(6-3-9-4-6)8(13)7-5-14-11-10-7/h5-6,9H,2-4H2,1H3. The Bertz CT molecular complexity index is 309. The molecule has 0 aliphatic carbocycles. The highest BCUT2D eigenvalue weighted by Gasteiger charge is 2.28. The maximum absolute atomic E-state index is 11.9. The van der Waals surface area contributed by atoms with Crippen LogP contribution in [0.4, 0.5) is 0 Å². The summed E-state index contributed by atoms with van der Waals surface area (Å²) in [4.78, 5) is 13.7. The van der Waals surface area contributed by atoms with Crippen molar-refractivity contribution in [2.24, 2.45) is 0 Å². The molecule has 14 heavy (non-hydrogen) atoms. The molecule has 0 spiro atoms. The summed E-state index contributed by atoms with van der Waals surface area (Å²) in [5.74, 6) is -0.00671. The van der Waals surface area contributed by atoms with Crippen LogP contribution >= 0.6 is 11.5 Å². The molecule has 0 saturated carbocycles. The van der Waals surface area contributed by atoms with Crippen molar-refractivity contribution < 1.29 is 4.79 Å². The van der Waals surface area contributed by atoms with Crippen molar-refractivity contribution in [3.05, 3.63) is 11.1 Å². The molecule has 6 heteroatoms. The van der Waals surface area contributed by atoms with Gasteiger partial charge < -0.3 is 10.2 Å². The van der Waals surface area contributed by atoms with Crippen LogP contribution in [0.5, 0.6) is 0 Å². The number of nitrogens with zero attached hydrogens (tertiary/aromatic N) is 3. The zero-order valence-electron chi connectivity index (χ0n) is 7.93. The highest BCUT2D eigenvalue weighted by molar-refractivity contribution is 7.03. The first-order valence-corrected chi connectivity index (χ1v) is 5.45. The van der Waals surface area contributed by atoms with Crippen molar-refractivity contribution in [3.8, 4) is 0 Å². The maximum atomic E-state index is 11.9. The summed E-state index contributed by atoms with van der Waals surface area (Å²) in [6, 6.07) is 0.328. The Labute approximate surface area is 86.3 Å². The van der Waals surface area contributed by atoms with Crippen LogP contribution < -0.4 is 5.32 Å². The quantitative estimate of drug-likeness (QED) is 0.764. The van der Waals surface area contributed by atoms with E-state index in [4.69, 9.17) is 0 Å². The minimum absolute atomic E-state index is 0.00671. The first-order valence-electron chi connectivity index (χ1n) is 4.61. The Morgan fingerprint density at radius 3 is 3.00 bits per heavy atom. The van der Waals surface area contributed by atoms with Gasteiger partial charge in [-0.15, -0.1) is 5.10 Å². The molecule has 1 aromatic heterocycles. The number of nitrogens with one attached hydrogen (secondary N) is 1. The third-order valence-electron chi connectivity index (χ3n) is 2.38. The fourth-order valence-electron chi connectivity index (χ4n) is 1.47. The smallest absolute Gasteiger partial charge is 0.275 e. The molecule has 76 valence electrons. The molecule has 0 aromatic carbocycles. The van der Waals surface area contributed by atoms with Gasteiger partial charge in [-0.1, -0.05) is 4.49 Å². The molecule has 0 radical (unpaired) electrons. The van der Waals surface area contributed by atoms with Crippen LogP contribution in [0.3, 0.4) is 0 Å². The number of hydrogen-bond acceptors (Lipinski definition) is 5. The summed E-state index contributed by atoms with van der Waals surface area (Å²) >= 11 is 1.21. The normalized spacial score (nSPS) is 16.4. The highest BCUT2D eigenvalue weighted by Crippen LogP contribution is 2.10. The summed E-state index contributed by atoms with van der Waals surface area (Å²) < 4.78 is 3.69. The molecule has 0 bridgehead atoms. The predicted octanol–water partition coefficient (Wildman–Crippen LogP) is -0.0280. The molecule has 1 aliphatic rings. The van der Waals surface area contributed by atoms with Gasteiger partial charge in [0.05, 0.1) is 6.04 Å². The van der Waals surface area contributed by atoms with E-state index in [1.54, 1.807) is 5.38 Å². The van der Waals surface area contributed by atoms with Gasteiger partial charge in [0.2, 0.25) is 0 Å². The van der Waals surface area contributed by atoms with Crippen molar-refractivity contribution in [2.75, 3.05) is 19.6 Å². The van der Waals surface area contributed by atoms with E-state index in [0.29, 0.717) is 11.7 Å². The topological polar surface area (TPSA) is 58.1 Å². The zero-order valence-corrected chi connectivity index (χ0v) is 8.75. The average molecular weight is 212 g/mol. The van der Waals surface area contributed by atoms with Crippen molar-refractivity contribution in [3.63, 3.8) is 0 Å². The second-order valence-corrected chi connectivity index (χ2v) is 3.80. The molecule has 1 aromatic rings. The van der Waals surface area contributed by atoms with E-state index in [1.165, 1.54) is 11.5 Å². The van der Waals surface area contributed by atoms with E-state index in [9.17, 15) is 4.79 Å². The lowest BCUT2D eigenvalue weighted by Crippen LogP contribution is -2.58. The van der Waals surface area contributed by atoms with Gasteiger partial charge in [0.15, 0.2) is 5.69 Å². The van der Waals surface area contributed by atoms with E-state index >= 15 is 0 Å². The van der Waals surface area contributed by atoms with Gasteiger partial charge in [-0.25, -0.2) is 0 Å². The van der Waals surface area contributed by atoms with Gasteiger partial charge in [0.1, 0.15) is 0 Å². The minimum atomic E-state index is -0.00671. The van der Waals surface area contributed by atoms with Gasteiger partial charge in [-0.3, -0.25) is 4.79 Å². The summed E-state index contributed by atoms with van der Waals surface area (Å²) in [6.45, 7) is 4.48. The van der Waals surface area contributed by atoms with Gasteiger partial charge >= 0.3 is 0 Å². The molecule has 0 atom stereocenters. The van der Waals surface area contributed by atoms with Crippen molar-refractivity contribution >= 4 is 17.4 Å². The highest BCUT2D eigenvalue weighted by atomic mass is 32.1. The van der Waals surface area contributed by atoms with Crippen LogP contribution in [0, 0.1) is 0 Å². The molecule has 1 fully saturated rings. The van der Waals surface area contributed by atoms with E-state index in [0.717, 1.165) is 19.6 Å². The molecule has 5 nitrogen and oxygen atoms in total. The number of carbonyl (C=O) groups excluding carboxylic acids is 1. The lowest BCUT2D eigenvalue weighted by Gasteiger charge is -2.37. The van der Waals surface area contributed by atoms with E-state index in [-0.39, 0.29) is 5.91 Å². The Balaban J connectivity index is 2.08. The summed E-state index contributed by atoms with van der Waals surface area (Å²) in [7, 11) is 0. The second-order valence-electron chi connectivity index (χ2n) is 3.19. The van der Waals surface area contributed by atoms with E-state index in [2.05, 4.69) is 14.9 Å². The van der Waals surface area contributed by atoms with Crippen molar-refractivity contribution in [1.82, 2.24) is 19.8 Å². The third-order valence-corrected chi connectivity index (χ3v) is 2.89. The summed E-state index contributed by atoms with van der Waals surface area (Å²) in [6.07, 6.45) is 0. The number of aromatic nitrogens is 2. The molecule has 1 aliphatic heterocycles. The molecule has 0 unspecified atom stereocenters. The SMILES string of the molecule is CCN(C(=O)c1csnn1)C1CNC1. The van der Waals surface area contributed by atoms with Crippen LogP contribution in [-0.2, 0) is 0 Å². The Morgan fingerprint density at radius 2 is 2.57 bits per heavy atom. The largest absolute Gasteiger partial charge is 0.332 e. The van der Waals surface area contributed by atoms with Crippen LogP contribution in [0.2, 0.25) is 0 Å². The van der Waals surface area contributed by atoms with Gasteiger partial charge in [0, 0.05) is 25.0 Å². The fourth-order valence-corrected chi connectivity index (χ4v) is 1.90. The minimum Gasteiger partial charge on any atom is -0.332 e. The molecule has 2 rings (SSSR count). The predicted molar refractivity (Wildman–Crippen MR) is 53.3 cm³/mol. The Morgan fingerprint density at radius 1 is 1.79 bits per heavy atom. The second kappa shape index (κ2) is 4.02. The molecule has 1 saturated heterocycles. The Kier molecular flexibility index (Phi) is 2.74. The lowest BCUT2D eigenvalue weighted by molar-refractivity contribution is 0.0624. The molecule has 2 heterocycles. The average Bonchev–Trinajstić information content (AvgIpc) is 2.62. The third kappa shape index (κ3) is 1.62. The van der Waals surface area contributed by atoms with E-state index < -0.39 is 0 Å². The van der Waals surface area contributed by atoms with Crippen molar-refractivity contribution in [1.29, 1.82) is 0 Å². The van der Waals surface area contributed by atoms with Gasteiger partial charge in [-0.05, 0) is 18.5 Å². The van der Waals surface area contributed by atoms with Crippen LogP contribution in [0.1, 0.15) is 17.4 Å². The number of carbonyl (C=O) groups is 1. The molecular formula is C8H12N4OS. The first-order chi connectivity index (χ1) is 6.83. The number of amides is 1. The number of rotatable bonds is 3. The molecule has 1 N–H and O–H groups in total. The number of hydrogen-bond donors (Lipinski definition) is 1. The van der Waals surface area contributed by atoms with E-state index in [1.807, 2.05) is 11.8 Å². The van der Waals surface area contributed by atoms with Crippen LogP contribution in [0.15, 0.2) is 5.38 Å². The summed E-state index contributed by atoms with van der Waals surface area (Å²) in [5, 5.41) is 8.62. The Hall–Kier alpha value is -1.01. The summed E-state index contributed by atoms with van der Waals surface area (Å²) in [5.41, 5.74) is 0.462. The monoisotopic (exact) mass is 212 g/mol. The zero-order chi connectivity index (χ0) is 9.97. The molecular weight excluding hydrogens is 200 g/mol. The molecule has 1 amide bonds. The van der Waals surface area contributed by atoms with Crippen LogP contribution in [0.25, 0.3) is 0 Å². The van der Waals surface area contributed by atoms with Gasteiger partial charge in [-0.2, -0.15) is 0 Å². The fraction of sp³-hybridized carbons (Fsp3) is 0.625. The number of likely N-dealkylation sites (N-methyl/N-ethyl adjacent to an activating group) is 1. The maximum Gasteiger partial charge on any atom is 0.275 e. The first kappa shape index (κ1) is 9.54. The van der Waals surface area contributed by atoms with Crippen molar-refractivity contribution in [2.45, 2.75) is 13.0 Å². The van der Waals surface area contributed by atoms with Gasteiger partial charge in [0.25, 0.3) is 5.91 Å².